The quantitative estimate of drug-likeness (QED) is 0.682. The molecule has 1 heterocycles. The van der Waals surface area contributed by atoms with E-state index in [1.165, 1.54) is 0 Å². The predicted molar refractivity (Wildman–Crippen MR) is 69.7 cm³/mol. The van der Waals surface area contributed by atoms with Crippen molar-refractivity contribution in [1.82, 2.24) is 4.98 Å². The van der Waals surface area contributed by atoms with E-state index >= 15 is 0 Å². The van der Waals surface area contributed by atoms with Crippen molar-refractivity contribution in [2.75, 3.05) is 38.3 Å². The van der Waals surface area contributed by atoms with Crippen molar-refractivity contribution in [2.45, 2.75) is 6.92 Å². The van der Waals surface area contributed by atoms with Crippen molar-refractivity contribution in [1.29, 1.82) is 5.26 Å². The number of carbonyl (C=O) groups excluding carboxylic acids is 1. The van der Waals surface area contributed by atoms with Crippen LogP contribution in [0.4, 0.5) is 5.82 Å². The first kappa shape index (κ1) is 14.9. The van der Waals surface area contributed by atoms with Crippen LogP contribution in [-0.4, -0.2) is 44.4 Å². The molecule has 19 heavy (non-hydrogen) atoms. The van der Waals surface area contributed by atoms with Crippen molar-refractivity contribution in [3.8, 4) is 6.07 Å². The van der Waals surface area contributed by atoms with Gasteiger partial charge in [-0.2, -0.15) is 5.26 Å². The maximum atomic E-state index is 11.5. The van der Waals surface area contributed by atoms with E-state index in [9.17, 15) is 4.79 Å². The summed E-state index contributed by atoms with van der Waals surface area (Å²) in [5.41, 5.74) is 0.497. The molecule has 6 nitrogen and oxygen atoms in total. The van der Waals surface area contributed by atoms with E-state index < -0.39 is 0 Å². The molecule has 0 bridgehead atoms. The van der Waals surface area contributed by atoms with E-state index in [1.807, 2.05) is 6.07 Å². The summed E-state index contributed by atoms with van der Waals surface area (Å²) >= 11 is 0. The van der Waals surface area contributed by atoms with Crippen molar-refractivity contribution >= 4 is 11.8 Å². The maximum absolute atomic E-state index is 11.5. The Labute approximate surface area is 112 Å². The number of carbonyl (C=O) groups is 1. The number of ether oxygens (including phenoxy) is 2. The molecule has 0 fully saturated rings. The lowest BCUT2D eigenvalue weighted by Crippen LogP contribution is -2.34. The van der Waals surface area contributed by atoms with Crippen LogP contribution >= 0.6 is 0 Å². The van der Waals surface area contributed by atoms with Crippen LogP contribution in [0, 0.1) is 11.3 Å². The van der Waals surface area contributed by atoms with Crippen LogP contribution in [0.2, 0.25) is 0 Å². The molecule has 0 atom stereocenters. The SMILES string of the molecule is CCOC(=O)CN(CCOC)c1cc(C#N)ccn1. The summed E-state index contributed by atoms with van der Waals surface area (Å²) in [4.78, 5) is 17.4. The van der Waals surface area contributed by atoms with Crippen LogP contribution < -0.4 is 4.90 Å². The molecule has 0 amide bonds. The molecule has 0 aliphatic carbocycles. The fourth-order valence-electron chi connectivity index (χ4n) is 1.50. The van der Waals surface area contributed by atoms with Gasteiger partial charge in [0.05, 0.1) is 24.8 Å². The lowest BCUT2D eigenvalue weighted by molar-refractivity contribution is -0.141. The number of methoxy groups -OCH3 is 1. The number of nitriles is 1. The van der Waals surface area contributed by atoms with Gasteiger partial charge in [0.2, 0.25) is 0 Å². The first-order valence-corrected chi connectivity index (χ1v) is 5.97. The highest BCUT2D eigenvalue weighted by atomic mass is 16.5. The Balaban J connectivity index is 2.82. The number of rotatable bonds is 7. The minimum atomic E-state index is -0.331. The highest BCUT2D eigenvalue weighted by Crippen LogP contribution is 2.12. The molecule has 0 saturated carbocycles. The van der Waals surface area contributed by atoms with Crippen molar-refractivity contribution in [3.05, 3.63) is 23.9 Å². The molecule has 0 N–H and O–H groups in total. The fraction of sp³-hybridized carbons (Fsp3) is 0.462. The van der Waals surface area contributed by atoms with Gasteiger partial charge in [-0.3, -0.25) is 4.79 Å². The van der Waals surface area contributed by atoms with Gasteiger partial charge in [0.15, 0.2) is 0 Å². The summed E-state index contributed by atoms with van der Waals surface area (Å²) in [6.07, 6.45) is 1.54. The Morgan fingerprint density at radius 3 is 3.00 bits per heavy atom. The number of anilines is 1. The molecule has 1 rings (SSSR count). The zero-order valence-electron chi connectivity index (χ0n) is 11.1. The van der Waals surface area contributed by atoms with Crippen molar-refractivity contribution in [2.24, 2.45) is 0 Å². The largest absolute Gasteiger partial charge is 0.465 e. The molecule has 0 spiro atoms. The zero-order chi connectivity index (χ0) is 14.1. The third kappa shape index (κ3) is 4.94. The van der Waals surface area contributed by atoms with Gasteiger partial charge in [0, 0.05) is 19.9 Å². The van der Waals surface area contributed by atoms with Crippen molar-refractivity contribution in [3.63, 3.8) is 0 Å². The third-order valence-electron chi connectivity index (χ3n) is 2.39. The van der Waals surface area contributed by atoms with E-state index in [0.717, 1.165) is 0 Å². The molecular formula is C13H17N3O3. The fourth-order valence-corrected chi connectivity index (χ4v) is 1.50. The van der Waals surface area contributed by atoms with Gasteiger partial charge in [-0.15, -0.1) is 0 Å². The minimum Gasteiger partial charge on any atom is -0.465 e. The number of hydrogen-bond acceptors (Lipinski definition) is 6. The number of hydrogen-bond donors (Lipinski definition) is 0. The highest BCUT2D eigenvalue weighted by Gasteiger charge is 2.13. The van der Waals surface area contributed by atoms with Gasteiger partial charge in [0.25, 0.3) is 0 Å². The normalized spacial score (nSPS) is 9.74. The zero-order valence-corrected chi connectivity index (χ0v) is 11.1. The Bertz CT molecular complexity index is 457. The van der Waals surface area contributed by atoms with Crippen molar-refractivity contribution < 1.29 is 14.3 Å². The first-order valence-electron chi connectivity index (χ1n) is 5.97. The third-order valence-corrected chi connectivity index (χ3v) is 2.39. The van der Waals surface area contributed by atoms with Gasteiger partial charge in [-0.25, -0.2) is 4.98 Å². The summed E-state index contributed by atoms with van der Waals surface area (Å²) in [5.74, 6) is 0.229. The topological polar surface area (TPSA) is 75.4 Å². The molecule has 0 aromatic carbocycles. The summed E-state index contributed by atoms with van der Waals surface area (Å²) in [6, 6.07) is 5.29. The number of nitrogens with zero attached hydrogens (tertiary/aromatic N) is 3. The first-order chi connectivity index (χ1) is 9.21. The number of pyridine rings is 1. The van der Waals surface area contributed by atoms with E-state index in [0.29, 0.717) is 31.1 Å². The summed E-state index contributed by atoms with van der Waals surface area (Å²) in [6.45, 7) is 3.13. The number of esters is 1. The minimum absolute atomic E-state index is 0.0824. The lowest BCUT2D eigenvalue weighted by atomic mass is 10.3. The van der Waals surface area contributed by atoms with Crippen LogP contribution in [0.1, 0.15) is 12.5 Å². The maximum Gasteiger partial charge on any atom is 0.325 e. The molecule has 1 aromatic rings. The average molecular weight is 263 g/mol. The Morgan fingerprint density at radius 2 is 2.37 bits per heavy atom. The molecule has 0 radical (unpaired) electrons. The second-order valence-electron chi connectivity index (χ2n) is 3.73. The molecule has 0 unspecified atom stereocenters. The molecule has 6 heteroatoms. The molecule has 0 aliphatic heterocycles. The second-order valence-corrected chi connectivity index (χ2v) is 3.73. The van der Waals surface area contributed by atoms with Crippen LogP contribution in [-0.2, 0) is 14.3 Å². The van der Waals surface area contributed by atoms with Crippen LogP contribution in [0.15, 0.2) is 18.3 Å². The molecule has 0 aliphatic rings. The van der Waals surface area contributed by atoms with E-state index in [-0.39, 0.29) is 12.5 Å². The summed E-state index contributed by atoms with van der Waals surface area (Å²) < 4.78 is 9.92. The van der Waals surface area contributed by atoms with Crippen LogP contribution in [0.5, 0.6) is 0 Å². The Hall–Kier alpha value is -2.13. The van der Waals surface area contributed by atoms with Gasteiger partial charge >= 0.3 is 5.97 Å². The van der Waals surface area contributed by atoms with E-state index in [4.69, 9.17) is 14.7 Å². The van der Waals surface area contributed by atoms with Crippen LogP contribution in [0.3, 0.4) is 0 Å². The highest BCUT2D eigenvalue weighted by molar-refractivity contribution is 5.75. The summed E-state index contributed by atoms with van der Waals surface area (Å²) in [5, 5.41) is 8.87. The van der Waals surface area contributed by atoms with E-state index in [1.54, 1.807) is 37.3 Å². The molecule has 0 saturated heterocycles. The lowest BCUT2D eigenvalue weighted by Gasteiger charge is -2.22. The smallest absolute Gasteiger partial charge is 0.325 e. The standard InChI is InChI=1S/C13H17N3O3/c1-3-19-13(17)10-16(6-7-18-2)12-8-11(9-14)4-5-15-12/h4-5,8H,3,6-7,10H2,1-2H3. The van der Waals surface area contributed by atoms with Gasteiger partial charge in [-0.1, -0.05) is 0 Å². The van der Waals surface area contributed by atoms with Crippen LogP contribution in [0.25, 0.3) is 0 Å². The monoisotopic (exact) mass is 263 g/mol. The molecule has 102 valence electrons. The summed E-state index contributed by atoms with van der Waals surface area (Å²) in [7, 11) is 1.58. The van der Waals surface area contributed by atoms with Gasteiger partial charge in [0.1, 0.15) is 12.4 Å². The second kappa shape index (κ2) is 8.06. The molecular weight excluding hydrogens is 246 g/mol. The average Bonchev–Trinajstić information content (AvgIpc) is 2.43. The van der Waals surface area contributed by atoms with Gasteiger partial charge in [-0.05, 0) is 19.1 Å². The van der Waals surface area contributed by atoms with Gasteiger partial charge < -0.3 is 14.4 Å². The predicted octanol–water partition coefficient (Wildman–Crippen LogP) is 0.969. The number of aromatic nitrogens is 1. The van der Waals surface area contributed by atoms with E-state index in [2.05, 4.69) is 4.98 Å². The Morgan fingerprint density at radius 1 is 1.58 bits per heavy atom. The Kier molecular flexibility index (Phi) is 6.33. The molecule has 1 aromatic heterocycles.